The second-order valence-corrected chi connectivity index (χ2v) is 28.1. The SMILES string of the molecule is CCC[CH2][Sn]([CH2]CCC)([CH2]CCC)[S]c1nc2ccc([N+](=O)[O-])cc2c(=O)n1-c1ccccc1. The van der Waals surface area contributed by atoms with Gasteiger partial charge in [0.1, 0.15) is 0 Å². The van der Waals surface area contributed by atoms with E-state index in [2.05, 4.69) is 20.8 Å². The Morgan fingerprint density at radius 1 is 0.941 bits per heavy atom. The van der Waals surface area contributed by atoms with Crippen molar-refractivity contribution in [1.29, 1.82) is 0 Å². The van der Waals surface area contributed by atoms with Gasteiger partial charge in [0.05, 0.1) is 0 Å². The first-order valence-corrected chi connectivity index (χ1v) is 22.8. The van der Waals surface area contributed by atoms with Crippen LogP contribution in [0.3, 0.4) is 0 Å². The molecule has 0 radical (unpaired) electrons. The summed E-state index contributed by atoms with van der Waals surface area (Å²) in [5, 5.41) is 12.4. The number of hydrogen-bond donors (Lipinski definition) is 0. The number of para-hydroxylation sites is 1. The van der Waals surface area contributed by atoms with Crippen LogP contribution in [0.1, 0.15) is 59.3 Å². The molecule has 6 nitrogen and oxygen atoms in total. The summed E-state index contributed by atoms with van der Waals surface area (Å²) < 4.78 is 5.57. The fraction of sp³-hybridized carbons (Fsp3) is 0.462. The number of nitrogens with zero attached hydrogens (tertiary/aromatic N) is 3. The van der Waals surface area contributed by atoms with Gasteiger partial charge in [-0.1, -0.05) is 0 Å². The van der Waals surface area contributed by atoms with E-state index in [1.165, 1.54) is 64.0 Å². The van der Waals surface area contributed by atoms with Gasteiger partial charge >= 0.3 is 209 Å². The van der Waals surface area contributed by atoms with E-state index in [1.54, 1.807) is 10.6 Å². The molecule has 0 aliphatic heterocycles. The first-order valence-electron chi connectivity index (χ1n) is 12.4. The van der Waals surface area contributed by atoms with Crippen molar-refractivity contribution in [1.82, 2.24) is 9.55 Å². The van der Waals surface area contributed by atoms with Gasteiger partial charge in [0.2, 0.25) is 0 Å². The normalized spacial score (nSPS) is 11.7. The van der Waals surface area contributed by atoms with Gasteiger partial charge < -0.3 is 0 Å². The first-order chi connectivity index (χ1) is 16.4. The number of nitro benzene ring substituents is 1. The van der Waals surface area contributed by atoms with Crippen molar-refractivity contribution >= 4 is 42.5 Å². The Bertz CT molecular complexity index is 1150. The molecule has 0 aliphatic rings. The third-order valence-corrected chi connectivity index (χ3v) is 27.4. The Kier molecular flexibility index (Phi) is 10.0. The number of rotatable bonds is 13. The topological polar surface area (TPSA) is 78.0 Å². The summed E-state index contributed by atoms with van der Waals surface area (Å²) in [6, 6.07) is 14.0. The molecule has 182 valence electrons. The van der Waals surface area contributed by atoms with Gasteiger partial charge in [0.15, 0.2) is 0 Å². The molecular formula is C26H35N3O3SSn. The fourth-order valence-corrected chi connectivity index (χ4v) is 26.2. The zero-order valence-corrected chi connectivity index (χ0v) is 24.1. The Balaban J connectivity index is 2.22. The van der Waals surface area contributed by atoms with Crippen LogP contribution in [0.4, 0.5) is 5.69 Å². The molecule has 0 amide bonds. The summed E-state index contributed by atoms with van der Waals surface area (Å²) in [4.78, 5) is 29.6. The van der Waals surface area contributed by atoms with Crippen LogP contribution in [0, 0.1) is 10.1 Å². The van der Waals surface area contributed by atoms with Gasteiger partial charge in [-0.05, 0) is 0 Å². The van der Waals surface area contributed by atoms with Crippen molar-refractivity contribution in [2.45, 2.75) is 77.8 Å². The molecule has 2 aromatic carbocycles. The third kappa shape index (κ3) is 6.41. The summed E-state index contributed by atoms with van der Waals surface area (Å²) in [6.07, 6.45) is 7.22. The molecule has 0 spiro atoms. The number of benzene rings is 2. The third-order valence-electron chi connectivity index (χ3n) is 6.31. The molecule has 0 fully saturated rings. The average Bonchev–Trinajstić information content (AvgIpc) is 2.85. The predicted octanol–water partition coefficient (Wildman–Crippen LogP) is 7.73. The van der Waals surface area contributed by atoms with E-state index in [-0.39, 0.29) is 11.2 Å². The summed E-state index contributed by atoms with van der Waals surface area (Å²) in [7, 11) is 1.94. The zero-order chi connectivity index (χ0) is 24.6. The maximum atomic E-state index is 13.8. The minimum atomic E-state index is -2.75. The Hall–Kier alpha value is -1.87. The van der Waals surface area contributed by atoms with E-state index in [4.69, 9.17) is 4.98 Å². The van der Waals surface area contributed by atoms with E-state index in [0.29, 0.717) is 10.9 Å². The van der Waals surface area contributed by atoms with Crippen LogP contribution < -0.4 is 5.56 Å². The first kappa shape index (κ1) is 26.7. The van der Waals surface area contributed by atoms with E-state index < -0.39 is 21.9 Å². The molecule has 1 heterocycles. The molecule has 3 aromatic rings. The van der Waals surface area contributed by atoms with Gasteiger partial charge in [-0.25, -0.2) is 0 Å². The summed E-state index contributed by atoms with van der Waals surface area (Å²) in [6.45, 7) is 6.76. The monoisotopic (exact) mass is 589 g/mol. The van der Waals surface area contributed by atoms with Gasteiger partial charge in [-0.3, -0.25) is 0 Å². The van der Waals surface area contributed by atoms with E-state index in [0.717, 1.165) is 10.8 Å². The molecule has 0 aliphatic carbocycles. The fourth-order valence-electron chi connectivity index (χ4n) is 4.36. The molecule has 8 heteroatoms. The number of hydrogen-bond acceptors (Lipinski definition) is 5. The molecule has 0 saturated heterocycles. The van der Waals surface area contributed by atoms with E-state index in [1.807, 2.05) is 39.3 Å². The molecule has 0 saturated carbocycles. The standard InChI is InChI=1S/C14H9N3O3S.3C4H9.Sn/c18-13-11-8-10(17(19)20)6-7-12(11)15-14(21)16(13)9-4-2-1-3-5-9;3*1-3-4-2;/h1-8H,(H,15,21);3*1,3-4H2,2H3;/q;;;;+1/p-1. The minimum absolute atomic E-state index is 0.0891. The van der Waals surface area contributed by atoms with Crippen molar-refractivity contribution < 1.29 is 4.92 Å². The van der Waals surface area contributed by atoms with Crippen molar-refractivity contribution in [3.8, 4) is 5.69 Å². The Morgan fingerprint density at radius 2 is 1.53 bits per heavy atom. The summed E-state index contributed by atoms with van der Waals surface area (Å²) in [5.41, 5.74) is 0.974. The van der Waals surface area contributed by atoms with E-state index >= 15 is 0 Å². The van der Waals surface area contributed by atoms with Crippen molar-refractivity contribution in [2.75, 3.05) is 0 Å². The molecule has 0 atom stereocenters. The summed E-state index contributed by atoms with van der Waals surface area (Å²) in [5.74, 6) is 0. The number of non-ortho nitro benzene ring substituents is 1. The molecule has 34 heavy (non-hydrogen) atoms. The quantitative estimate of drug-likeness (QED) is 0.0884. The van der Waals surface area contributed by atoms with Crippen LogP contribution in [0.15, 0.2) is 58.5 Å². The van der Waals surface area contributed by atoms with Gasteiger partial charge in [-0.15, -0.1) is 0 Å². The van der Waals surface area contributed by atoms with Crippen molar-refractivity contribution in [2.24, 2.45) is 0 Å². The van der Waals surface area contributed by atoms with Crippen LogP contribution in [-0.4, -0.2) is 31.5 Å². The number of fused-ring (bicyclic) bond motifs is 1. The van der Waals surface area contributed by atoms with E-state index in [9.17, 15) is 14.9 Å². The number of nitro groups is 1. The second kappa shape index (κ2) is 12.7. The summed E-state index contributed by atoms with van der Waals surface area (Å²) >= 11 is -2.75. The molecule has 0 unspecified atom stereocenters. The molecule has 1 aromatic heterocycles. The van der Waals surface area contributed by atoms with Crippen LogP contribution in [0.25, 0.3) is 16.6 Å². The molecule has 0 bridgehead atoms. The zero-order valence-electron chi connectivity index (χ0n) is 20.5. The van der Waals surface area contributed by atoms with Crippen LogP contribution in [0.5, 0.6) is 0 Å². The average molecular weight is 588 g/mol. The Labute approximate surface area is 208 Å². The van der Waals surface area contributed by atoms with Crippen LogP contribution in [0.2, 0.25) is 13.3 Å². The van der Waals surface area contributed by atoms with Gasteiger partial charge in [0.25, 0.3) is 0 Å². The molecule has 3 rings (SSSR count). The predicted molar refractivity (Wildman–Crippen MR) is 145 cm³/mol. The number of unbranched alkanes of at least 4 members (excludes halogenated alkanes) is 3. The maximum absolute atomic E-state index is 13.8. The van der Waals surface area contributed by atoms with Gasteiger partial charge in [-0.2, -0.15) is 0 Å². The van der Waals surface area contributed by atoms with Crippen LogP contribution in [-0.2, 0) is 0 Å². The van der Waals surface area contributed by atoms with Gasteiger partial charge in [0, 0.05) is 0 Å². The number of aromatic nitrogens is 2. The Morgan fingerprint density at radius 3 is 2.06 bits per heavy atom. The molecule has 0 N–H and O–H groups in total. The van der Waals surface area contributed by atoms with Crippen molar-refractivity contribution in [3.63, 3.8) is 0 Å². The van der Waals surface area contributed by atoms with Crippen molar-refractivity contribution in [3.05, 3.63) is 69.0 Å². The molecular weight excluding hydrogens is 553 g/mol. The second-order valence-electron chi connectivity index (χ2n) is 8.92. The van der Waals surface area contributed by atoms with Crippen LogP contribution >= 0.6 is 8.95 Å².